The molecule has 0 unspecified atom stereocenters. The van der Waals surface area contributed by atoms with Gasteiger partial charge < -0.3 is 20.9 Å². The van der Waals surface area contributed by atoms with Gasteiger partial charge in [-0.1, -0.05) is 12.8 Å². The minimum Gasteiger partial charge on any atom is -0.390 e. The zero-order chi connectivity index (χ0) is 20.1. The highest BCUT2D eigenvalue weighted by molar-refractivity contribution is 5.93. The van der Waals surface area contributed by atoms with Crippen molar-refractivity contribution in [3.05, 3.63) is 17.5 Å². The van der Waals surface area contributed by atoms with Gasteiger partial charge in [-0.25, -0.2) is 9.97 Å². The number of nitrogens with two attached hydrogens (primary N) is 1. The van der Waals surface area contributed by atoms with E-state index in [1.54, 1.807) is 13.3 Å². The minimum atomic E-state index is -0.651. The van der Waals surface area contributed by atoms with Gasteiger partial charge in [-0.3, -0.25) is 4.79 Å². The summed E-state index contributed by atoms with van der Waals surface area (Å²) in [4.78, 5) is 20.9. The van der Waals surface area contributed by atoms with E-state index < -0.39 is 11.5 Å². The molecule has 0 aromatic carbocycles. The van der Waals surface area contributed by atoms with Gasteiger partial charge in [0.1, 0.15) is 0 Å². The second-order valence-electron chi connectivity index (χ2n) is 8.79. The van der Waals surface area contributed by atoms with Crippen molar-refractivity contribution < 1.29 is 14.6 Å². The number of hydrogen-bond donors (Lipinski definition) is 3. The molecule has 28 heavy (non-hydrogen) atoms. The number of methoxy groups -OCH3 is 1. The first-order chi connectivity index (χ1) is 13.4. The molecule has 3 rings (SSSR count). The van der Waals surface area contributed by atoms with Crippen LogP contribution in [-0.4, -0.2) is 45.8 Å². The van der Waals surface area contributed by atoms with Gasteiger partial charge in [0, 0.05) is 19.3 Å². The standard InChI is InChI=1S/C21H34N4O3/c1-21(27)10-4-3-5-14(12-21)11-18-17(19(22)26)13-23-20(25-18)24-15-6-8-16(28-2)9-7-15/h13-16,27H,3-12H2,1-2H3,(H2,22,26)(H,23,24,25)/t14-,15?,16?,21+/m0/s1. The molecule has 2 fully saturated rings. The van der Waals surface area contributed by atoms with E-state index in [0.717, 1.165) is 57.8 Å². The number of anilines is 1. The molecule has 4 N–H and O–H groups in total. The van der Waals surface area contributed by atoms with Gasteiger partial charge in [0.2, 0.25) is 5.95 Å². The average Bonchev–Trinajstić information content (AvgIpc) is 2.82. The molecule has 2 aliphatic carbocycles. The molecule has 0 saturated heterocycles. The van der Waals surface area contributed by atoms with Crippen LogP contribution in [0.15, 0.2) is 6.20 Å². The summed E-state index contributed by atoms with van der Waals surface area (Å²) < 4.78 is 5.43. The molecule has 0 spiro atoms. The fourth-order valence-corrected chi connectivity index (χ4v) is 4.69. The second-order valence-corrected chi connectivity index (χ2v) is 8.79. The van der Waals surface area contributed by atoms with E-state index in [-0.39, 0.29) is 5.92 Å². The average molecular weight is 391 g/mol. The van der Waals surface area contributed by atoms with Gasteiger partial charge in [0.05, 0.1) is 23.0 Å². The molecule has 2 saturated carbocycles. The van der Waals surface area contributed by atoms with Crippen molar-refractivity contribution >= 4 is 11.9 Å². The molecule has 0 aliphatic heterocycles. The van der Waals surface area contributed by atoms with Crippen LogP contribution < -0.4 is 11.1 Å². The number of hydrogen-bond acceptors (Lipinski definition) is 6. The molecule has 0 bridgehead atoms. The number of rotatable bonds is 6. The first-order valence-corrected chi connectivity index (χ1v) is 10.5. The van der Waals surface area contributed by atoms with Crippen molar-refractivity contribution in [2.24, 2.45) is 11.7 Å². The molecule has 7 nitrogen and oxygen atoms in total. The molecule has 156 valence electrons. The van der Waals surface area contributed by atoms with Gasteiger partial charge in [-0.05, 0) is 64.2 Å². The Labute approximate surface area is 167 Å². The Morgan fingerprint density at radius 1 is 1.32 bits per heavy atom. The number of amides is 1. The van der Waals surface area contributed by atoms with Gasteiger partial charge in [0.25, 0.3) is 5.91 Å². The Kier molecular flexibility index (Phi) is 6.88. The summed E-state index contributed by atoms with van der Waals surface area (Å²) in [5.41, 5.74) is 5.99. The quantitative estimate of drug-likeness (QED) is 0.644. The number of aromatic nitrogens is 2. The van der Waals surface area contributed by atoms with Crippen LogP contribution in [0, 0.1) is 5.92 Å². The third-order valence-electron chi connectivity index (χ3n) is 6.26. The zero-order valence-corrected chi connectivity index (χ0v) is 17.1. The van der Waals surface area contributed by atoms with Crippen molar-refractivity contribution in [2.45, 2.75) is 88.9 Å². The molecule has 0 radical (unpaired) electrons. The minimum absolute atomic E-state index is 0.287. The lowest BCUT2D eigenvalue weighted by atomic mass is 9.87. The van der Waals surface area contributed by atoms with Gasteiger partial charge in [-0.15, -0.1) is 0 Å². The van der Waals surface area contributed by atoms with E-state index in [1.807, 2.05) is 6.92 Å². The summed E-state index contributed by atoms with van der Waals surface area (Å²) in [6.45, 7) is 1.91. The van der Waals surface area contributed by atoms with Crippen LogP contribution in [0.4, 0.5) is 5.95 Å². The Hall–Kier alpha value is -1.73. The summed E-state index contributed by atoms with van der Waals surface area (Å²) in [6.07, 6.45) is 11.3. The van der Waals surface area contributed by atoms with Crippen LogP contribution in [0.2, 0.25) is 0 Å². The van der Waals surface area contributed by atoms with E-state index in [4.69, 9.17) is 10.5 Å². The number of primary amides is 1. The van der Waals surface area contributed by atoms with Gasteiger partial charge >= 0.3 is 0 Å². The van der Waals surface area contributed by atoms with Crippen LogP contribution >= 0.6 is 0 Å². The maximum Gasteiger partial charge on any atom is 0.252 e. The van der Waals surface area contributed by atoms with Crippen LogP contribution in [0.5, 0.6) is 0 Å². The maximum absolute atomic E-state index is 11.9. The first-order valence-electron chi connectivity index (χ1n) is 10.5. The SMILES string of the molecule is COC1CCC(Nc2ncc(C(N)=O)c(C[C@@H]3CCCC[C@@](C)(O)C3)n2)CC1. The van der Waals surface area contributed by atoms with E-state index in [1.165, 1.54) is 0 Å². The number of aliphatic hydroxyl groups is 1. The van der Waals surface area contributed by atoms with E-state index >= 15 is 0 Å². The normalized spacial score (nSPS) is 31.2. The molecular formula is C21H34N4O3. The Balaban J connectivity index is 1.71. The predicted octanol–water partition coefficient (Wildman–Crippen LogP) is 2.82. The van der Waals surface area contributed by atoms with Crippen molar-refractivity contribution in [1.82, 2.24) is 9.97 Å². The lowest BCUT2D eigenvalue weighted by Crippen LogP contribution is -2.30. The molecule has 1 aromatic rings. The van der Waals surface area contributed by atoms with Crippen molar-refractivity contribution in [1.29, 1.82) is 0 Å². The third kappa shape index (κ3) is 5.64. The number of ether oxygens (including phenoxy) is 1. The lowest BCUT2D eigenvalue weighted by Gasteiger charge is -2.28. The van der Waals surface area contributed by atoms with Gasteiger partial charge in [0.15, 0.2) is 0 Å². The Morgan fingerprint density at radius 3 is 2.75 bits per heavy atom. The molecule has 2 aliphatic rings. The van der Waals surface area contributed by atoms with Crippen LogP contribution in [0.25, 0.3) is 0 Å². The number of nitrogens with zero attached hydrogens (tertiary/aromatic N) is 2. The summed E-state index contributed by atoms with van der Waals surface area (Å²) >= 11 is 0. The molecule has 2 atom stereocenters. The van der Waals surface area contributed by atoms with Gasteiger partial charge in [-0.2, -0.15) is 0 Å². The summed E-state index contributed by atoms with van der Waals surface area (Å²) in [6, 6.07) is 0.317. The van der Waals surface area contributed by atoms with Crippen molar-refractivity contribution in [3.8, 4) is 0 Å². The second kappa shape index (κ2) is 9.18. The highest BCUT2D eigenvalue weighted by Gasteiger charge is 2.29. The largest absolute Gasteiger partial charge is 0.390 e. The fourth-order valence-electron chi connectivity index (χ4n) is 4.69. The van der Waals surface area contributed by atoms with Crippen LogP contribution in [0.1, 0.15) is 80.8 Å². The van der Waals surface area contributed by atoms with E-state index in [9.17, 15) is 9.90 Å². The molecule has 1 heterocycles. The number of nitrogens with one attached hydrogen (secondary N) is 1. The highest BCUT2D eigenvalue weighted by atomic mass is 16.5. The first kappa shape index (κ1) is 21.0. The third-order valence-corrected chi connectivity index (χ3v) is 6.26. The maximum atomic E-state index is 11.9. The van der Waals surface area contributed by atoms with Crippen LogP contribution in [0.3, 0.4) is 0 Å². The summed E-state index contributed by atoms with van der Waals surface area (Å²) in [5.74, 6) is 0.347. The smallest absolute Gasteiger partial charge is 0.252 e. The van der Waals surface area contributed by atoms with Crippen molar-refractivity contribution in [2.75, 3.05) is 12.4 Å². The fraction of sp³-hybridized carbons (Fsp3) is 0.762. The summed E-state index contributed by atoms with van der Waals surface area (Å²) in [7, 11) is 1.77. The Bertz CT molecular complexity index is 672. The Morgan fingerprint density at radius 2 is 2.07 bits per heavy atom. The van der Waals surface area contributed by atoms with Crippen molar-refractivity contribution in [3.63, 3.8) is 0 Å². The van der Waals surface area contributed by atoms with E-state index in [0.29, 0.717) is 35.8 Å². The number of carbonyl (C=O) groups is 1. The lowest BCUT2D eigenvalue weighted by molar-refractivity contribution is 0.0318. The monoisotopic (exact) mass is 390 g/mol. The molecular weight excluding hydrogens is 356 g/mol. The van der Waals surface area contributed by atoms with E-state index in [2.05, 4.69) is 15.3 Å². The molecule has 1 amide bonds. The predicted molar refractivity (Wildman–Crippen MR) is 108 cm³/mol. The topological polar surface area (TPSA) is 110 Å². The summed E-state index contributed by atoms with van der Waals surface area (Å²) in [5, 5.41) is 14.0. The highest BCUT2D eigenvalue weighted by Crippen LogP contribution is 2.33. The molecule has 7 heteroatoms. The van der Waals surface area contributed by atoms with Crippen LogP contribution in [-0.2, 0) is 11.2 Å². The zero-order valence-electron chi connectivity index (χ0n) is 17.1. The molecule has 1 aromatic heterocycles. The number of carbonyl (C=O) groups excluding carboxylic acids is 1.